The molecule has 0 aliphatic rings. The number of hydrogen-bond donors (Lipinski definition) is 2. The Kier molecular flexibility index (Phi) is 4.71. The molecular weight excluding hydrogens is 332 g/mol. The lowest BCUT2D eigenvalue weighted by Gasteiger charge is -2.18. The molecule has 0 aliphatic heterocycles. The number of ether oxygens (including phenoxy) is 1. The molecule has 0 saturated heterocycles. The first-order valence-electron chi connectivity index (χ1n) is 6.38. The van der Waals surface area contributed by atoms with E-state index in [1.165, 1.54) is 7.11 Å². The minimum absolute atomic E-state index is 0.0408. The molecule has 4 nitrogen and oxygen atoms in total. The molecule has 0 spiro atoms. The highest BCUT2D eigenvalue weighted by Gasteiger charge is 2.11. The van der Waals surface area contributed by atoms with Gasteiger partial charge in [0.2, 0.25) is 0 Å². The molecule has 1 atom stereocenters. The molecule has 2 N–H and O–H groups in total. The molecule has 2 rings (SSSR count). The van der Waals surface area contributed by atoms with E-state index >= 15 is 0 Å². The quantitative estimate of drug-likeness (QED) is 0.870. The van der Waals surface area contributed by atoms with Crippen molar-refractivity contribution >= 4 is 21.6 Å². The number of anilines is 1. The number of rotatable bonds is 4. The van der Waals surface area contributed by atoms with E-state index in [4.69, 9.17) is 10.00 Å². The van der Waals surface area contributed by atoms with Crippen LogP contribution in [0.25, 0.3) is 0 Å². The van der Waals surface area contributed by atoms with Gasteiger partial charge in [0, 0.05) is 10.5 Å². The average molecular weight is 347 g/mol. The van der Waals surface area contributed by atoms with E-state index in [1.54, 1.807) is 18.2 Å². The fraction of sp³-hybridized carbons (Fsp3) is 0.188. The zero-order chi connectivity index (χ0) is 15.4. The summed E-state index contributed by atoms with van der Waals surface area (Å²) in [7, 11) is 1.51. The zero-order valence-electron chi connectivity index (χ0n) is 11.7. The van der Waals surface area contributed by atoms with Crippen LogP contribution < -0.4 is 10.1 Å². The molecule has 2 aromatic rings. The summed E-state index contributed by atoms with van der Waals surface area (Å²) in [6.45, 7) is 1.98. The Labute approximate surface area is 132 Å². The third kappa shape index (κ3) is 3.47. The Balaban J connectivity index is 2.28. The highest BCUT2D eigenvalue weighted by atomic mass is 79.9. The average Bonchev–Trinajstić information content (AvgIpc) is 2.48. The fourth-order valence-corrected chi connectivity index (χ4v) is 2.37. The fourth-order valence-electron chi connectivity index (χ4n) is 2.01. The second-order valence-electron chi connectivity index (χ2n) is 4.60. The first kappa shape index (κ1) is 15.2. The highest BCUT2D eigenvalue weighted by molar-refractivity contribution is 9.10. The molecule has 5 heteroatoms. The van der Waals surface area contributed by atoms with Gasteiger partial charge in [-0.1, -0.05) is 22.0 Å². The first-order valence-corrected chi connectivity index (χ1v) is 7.17. The van der Waals surface area contributed by atoms with Gasteiger partial charge in [-0.05, 0) is 42.8 Å². The number of phenols is 1. The van der Waals surface area contributed by atoms with Crippen LogP contribution in [0.15, 0.2) is 40.9 Å². The molecule has 0 fully saturated rings. The summed E-state index contributed by atoms with van der Waals surface area (Å²) in [4.78, 5) is 0. The van der Waals surface area contributed by atoms with Gasteiger partial charge in [-0.3, -0.25) is 0 Å². The van der Waals surface area contributed by atoms with Gasteiger partial charge < -0.3 is 15.2 Å². The number of nitrogens with zero attached hydrogens (tertiary/aromatic N) is 1. The molecule has 21 heavy (non-hydrogen) atoms. The van der Waals surface area contributed by atoms with Crippen molar-refractivity contribution in [2.75, 3.05) is 12.4 Å². The van der Waals surface area contributed by atoms with Crippen LogP contribution in [-0.4, -0.2) is 12.2 Å². The standard InChI is InChI=1S/C16H15BrN2O2/c1-10(11-4-6-15(20)16(7-11)21-2)19-14-8-13(17)5-3-12(14)9-18/h3-8,10,19-20H,1-2H3. The van der Waals surface area contributed by atoms with E-state index in [0.29, 0.717) is 11.3 Å². The summed E-state index contributed by atoms with van der Waals surface area (Å²) in [5.41, 5.74) is 2.29. The first-order chi connectivity index (χ1) is 10.0. The molecule has 0 aromatic heterocycles. The monoisotopic (exact) mass is 346 g/mol. The largest absolute Gasteiger partial charge is 0.504 e. The molecule has 0 bridgehead atoms. The lowest BCUT2D eigenvalue weighted by molar-refractivity contribution is 0.373. The minimum Gasteiger partial charge on any atom is -0.504 e. The summed E-state index contributed by atoms with van der Waals surface area (Å²) in [6.07, 6.45) is 0. The van der Waals surface area contributed by atoms with E-state index in [0.717, 1.165) is 15.7 Å². The molecule has 0 aliphatic carbocycles. The van der Waals surface area contributed by atoms with Crippen LogP contribution in [-0.2, 0) is 0 Å². The summed E-state index contributed by atoms with van der Waals surface area (Å²) in [5.74, 6) is 0.532. The van der Waals surface area contributed by atoms with Gasteiger partial charge in [-0.2, -0.15) is 5.26 Å². The van der Waals surface area contributed by atoms with Crippen molar-refractivity contribution in [3.63, 3.8) is 0 Å². The van der Waals surface area contributed by atoms with Gasteiger partial charge in [-0.25, -0.2) is 0 Å². The number of nitrogens with one attached hydrogen (secondary N) is 1. The van der Waals surface area contributed by atoms with Crippen molar-refractivity contribution in [2.45, 2.75) is 13.0 Å². The number of halogens is 1. The predicted octanol–water partition coefficient (Wildman–Crippen LogP) is 4.21. The summed E-state index contributed by atoms with van der Waals surface area (Å²) in [5, 5.41) is 22.1. The number of methoxy groups -OCH3 is 1. The molecular formula is C16H15BrN2O2. The zero-order valence-corrected chi connectivity index (χ0v) is 13.3. The van der Waals surface area contributed by atoms with Crippen LogP contribution in [0.5, 0.6) is 11.5 Å². The van der Waals surface area contributed by atoms with Gasteiger partial charge in [0.15, 0.2) is 11.5 Å². The number of aromatic hydroxyl groups is 1. The molecule has 2 aromatic carbocycles. The van der Waals surface area contributed by atoms with Gasteiger partial charge >= 0.3 is 0 Å². The van der Waals surface area contributed by atoms with E-state index in [-0.39, 0.29) is 11.8 Å². The van der Waals surface area contributed by atoms with Crippen molar-refractivity contribution in [1.82, 2.24) is 0 Å². The number of nitriles is 1. The Hall–Kier alpha value is -2.19. The van der Waals surface area contributed by atoms with Gasteiger partial charge in [0.05, 0.1) is 18.4 Å². The minimum atomic E-state index is -0.0408. The maximum absolute atomic E-state index is 9.63. The normalized spacial score (nSPS) is 11.5. The van der Waals surface area contributed by atoms with Crippen LogP contribution in [0.4, 0.5) is 5.69 Å². The van der Waals surface area contributed by atoms with Crippen LogP contribution in [0, 0.1) is 11.3 Å². The third-order valence-electron chi connectivity index (χ3n) is 3.18. The van der Waals surface area contributed by atoms with Crippen molar-refractivity contribution in [2.24, 2.45) is 0 Å². The number of benzene rings is 2. The lowest BCUT2D eigenvalue weighted by atomic mass is 10.1. The molecule has 108 valence electrons. The number of phenolic OH excluding ortho intramolecular Hbond substituents is 1. The van der Waals surface area contributed by atoms with Crippen LogP contribution in [0.2, 0.25) is 0 Å². The molecule has 1 unspecified atom stereocenters. The molecule has 0 saturated carbocycles. The summed E-state index contributed by atoms with van der Waals surface area (Å²) in [6, 6.07) is 12.8. The van der Waals surface area contributed by atoms with Crippen molar-refractivity contribution in [3.05, 3.63) is 52.0 Å². The van der Waals surface area contributed by atoms with Gasteiger partial charge in [-0.15, -0.1) is 0 Å². The summed E-state index contributed by atoms with van der Waals surface area (Å²) >= 11 is 3.40. The topological polar surface area (TPSA) is 65.3 Å². The maximum Gasteiger partial charge on any atom is 0.160 e. The van der Waals surface area contributed by atoms with E-state index in [1.807, 2.05) is 25.1 Å². The number of hydrogen-bond acceptors (Lipinski definition) is 4. The van der Waals surface area contributed by atoms with Crippen LogP contribution in [0.1, 0.15) is 24.1 Å². The predicted molar refractivity (Wildman–Crippen MR) is 85.6 cm³/mol. The Bertz CT molecular complexity index is 695. The summed E-state index contributed by atoms with van der Waals surface area (Å²) < 4.78 is 6.01. The highest BCUT2D eigenvalue weighted by Crippen LogP contribution is 2.31. The van der Waals surface area contributed by atoms with Crippen molar-refractivity contribution in [3.8, 4) is 17.6 Å². The second kappa shape index (κ2) is 6.51. The third-order valence-corrected chi connectivity index (χ3v) is 3.67. The smallest absolute Gasteiger partial charge is 0.160 e. The van der Waals surface area contributed by atoms with Gasteiger partial charge in [0.1, 0.15) is 6.07 Å². The van der Waals surface area contributed by atoms with Crippen LogP contribution in [0.3, 0.4) is 0 Å². The molecule has 0 heterocycles. The Morgan fingerprint density at radius 3 is 2.71 bits per heavy atom. The van der Waals surface area contributed by atoms with Crippen molar-refractivity contribution in [1.29, 1.82) is 5.26 Å². The van der Waals surface area contributed by atoms with E-state index < -0.39 is 0 Å². The van der Waals surface area contributed by atoms with Crippen molar-refractivity contribution < 1.29 is 9.84 Å². The maximum atomic E-state index is 9.63. The van der Waals surface area contributed by atoms with E-state index in [2.05, 4.69) is 27.3 Å². The Morgan fingerprint density at radius 2 is 2.05 bits per heavy atom. The molecule has 0 radical (unpaired) electrons. The van der Waals surface area contributed by atoms with E-state index in [9.17, 15) is 5.11 Å². The van der Waals surface area contributed by atoms with Crippen LogP contribution >= 0.6 is 15.9 Å². The lowest BCUT2D eigenvalue weighted by Crippen LogP contribution is -2.08. The second-order valence-corrected chi connectivity index (χ2v) is 5.51. The molecule has 0 amide bonds. The Morgan fingerprint density at radius 1 is 1.29 bits per heavy atom. The van der Waals surface area contributed by atoms with Gasteiger partial charge in [0.25, 0.3) is 0 Å². The SMILES string of the molecule is COc1cc(C(C)Nc2cc(Br)ccc2C#N)ccc1O.